The van der Waals surface area contributed by atoms with Crippen LogP contribution in [0.2, 0.25) is 0 Å². The van der Waals surface area contributed by atoms with Crippen molar-refractivity contribution >= 4 is 11.4 Å². The summed E-state index contributed by atoms with van der Waals surface area (Å²) in [5.41, 5.74) is 7.75. The maximum atomic E-state index is 9.00. The van der Waals surface area contributed by atoms with Crippen LogP contribution in [0.3, 0.4) is 0 Å². The van der Waals surface area contributed by atoms with Gasteiger partial charge in [0, 0.05) is 24.0 Å². The van der Waals surface area contributed by atoms with Crippen LogP contribution in [0.15, 0.2) is 18.2 Å². The minimum atomic E-state index is 0.366. The molecule has 4 nitrogen and oxygen atoms in total. The molecule has 4 heteroatoms. The zero-order chi connectivity index (χ0) is 14.4. The third-order valence-corrected chi connectivity index (χ3v) is 2.89. The number of nitrogens with one attached hydrogen (secondary N) is 1. The molecule has 0 fully saturated rings. The normalized spacial score (nSPS) is 12.5. The first-order valence-electron chi connectivity index (χ1n) is 6.63. The van der Waals surface area contributed by atoms with E-state index in [1.165, 1.54) is 0 Å². The number of nitrogens with zero attached hydrogens (tertiary/aromatic N) is 2. The molecule has 3 N–H and O–H groups in total. The Labute approximate surface area is 116 Å². The summed E-state index contributed by atoms with van der Waals surface area (Å²) in [6, 6.07) is 8.01. The lowest BCUT2D eigenvalue weighted by Crippen LogP contribution is -2.33. The molecule has 0 aliphatic carbocycles. The lowest BCUT2D eigenvalue weighted by molar-refractivity contribution is 0.356. The van der Waals surface area contributed by atoms with Crippen molar-refractivity contribution in [1.82, 2.24) is 4.90 Å². The van der Waals surface area contributed by atoms with Gasteiger partial charge in [0.2, 0.25) is 0 Å². The Kier molecular flexibility index (Phi) is 5.65. The summed E-state index contributed by atoms with van der Waals surface area (Å²) in [5.74, 6) is 0.627. The number of likely N-dealkylation sites (N-methyl/N-ethyl adjacent to an activating group) is 1. The Morgan fingerprint density at radius 2 is 2.05 bits per heavy atom. The van der Waals surface area contributed by atoms with Crippen LogP contribution in [0.4, 0.5) is 11.4 Å². The summed E-state index contributed by atoms with van der Waals surface area (Å²) in [6.07, 6.45) is 1.09. The number of hydrogen-bond acceptors (Lipinski definition) is 4. The van der Waals surface area contributed by atoms with E-state index in [0.29, 0.717) is 23.2 Å². The molecule has 0 aliphatic rings. The second-order valence-electron chi connectivity index (χ2n) is 5.65. The molecule has 0 saturated carbocycles. The zero-order valence-electron chi connectivity index (χ0n) is 12.3. The molecule has 104 valence electrons. The van der Waals surface area contributed by atoms with Crippen molar-refractivity contribution in [2.24, 2.45) is 5.92 Å². The van der Waals surface area contributed by atoms with E-state index >= 15 is 0 Å². The molecule has 0 aliphatic heterocycles. The fourth-order valence-corrected chi connectivity index (χ4v) is 2.17. The minimum absolute atomic E-state index is 0.366. The van der Waals surface area contributed by atoms with Gasteiger partial charge < -0.3 is 16.0 Å². The lowest BCUT2D eigenvalue weighted by Gasteiger charge is -2.25. The Morgan fingerprint density at radius 3 is 2.58 bits per heavy atom. The Morgan fingerprint density at radius 1 is 1.37 bits per heavy atom. The molecular weight excluding hydrogens is 236 g/mol. The molecule has 0 aromatic heterocycles. The Hall–Kier alpha value is -1.73. The quantitative estimate of drug-likeness (QED) is 0.771. The van der Waals surface area contributed by atoms with Gasteiger partial charge in [0.25, 0.3) is 0 Å². The number of hydrogen-bond donors (Lipinski definition) is 2. The van der Waals surface area contributed by atoms with Crippen molar-refractivity contribution in [2.75, 3.05) is 31.7 Å². The Bertz CT molecular complexity index is 436. The molecule has 1 unspecified atom stereocenters. The minimum Gasteiger partial charge on any atom is -0.398 e. The van der Waals surface area contributed by atoms with E-state index in [4.69, 9.17) is 11.0 Å². The maximum absolute atomic E-state index is 9.00. The van der Waals surface area contributed by atoms with Gasteiger partial charge in [-0.25, -0.2) is 0 Å². The topological polar surface area (TPSA) is 65.1 Å². The highest BCUT2D eigenvalue weighted by Gasteiger charge is 2.12. The molecule has 0 saturated heterocycles. The van der Waals surface area contributed by atoms with Gasteiger partial charge in [-0.15, -0.1) is 0 Å². The number of rotatable bonds is 6. The van der Waals surface area contributed by atoms with Crippen LogP contribution < -0.4 is 11.1 Å². The average molecular weight is 260 g/mol. The predicted octanol–water partition coefficient (Wildman–Crippen LogP) is 2.53. The number of benzene rings is 1. The van der Waals surface area contributed by atoms with Crippen molar-refractivity contribution in [3.8, 4) is 6.07 Å². The monoisotopic (exact) mass is 260 g/mol. The van der Waals surface area contributed by atoms with Gasteiger partial charge in [-0.2, -0.15) is 5.26 Å². The van der Waals surface area contributed by atoms with Crippen LogP contribution in [-0.4, -0.2) is 31.6 Å². The van der Waals surface area contributed by atoms with Crippen LogP contribution in [0, 0.1) is 17.2 Å². The fourth-order valence-electron chi connectivity index (χ4n) is 2.17. The van der Waals surface area contributed by atoms with E-state index in [0.717, 1.165) is 18.7 Å². The lowest BCUT2D eigenvalue weighted by atomic mass is 10.0. The van der Waals surface area contributed by atoms with Crippen molar-refractivity contribution < 1.29 is 0 Å². The number of nitriles is 1. The van der Waals surface area contributed by atoms with E-state index in [9.17, 15) is 0 Å². The maximum Gasteiger partial charge on any atom is 0.101 e. The predicted molar refractivity (Wildman–Crippen MR) is 81.0 cm³/mol. The first-order valence-corrected chi connectivity index (χ1v) is 6.63. The largest absolute Gasteiger partial charge is 0.398 e. The molecule has 0 heterocycles. The summed E-state index contributed by atoms with van der Waals surface area (Å²) in [6.45, 7) is 5.40. The summed E-state index contributed by atoms with van der Waals surface area (Å²) in [4.78, 5) is 2.17. The fraction of sp³-hybridized carbons (Fsp3) is 0.533. The van der Waals surface area contributed by atoms with E-state index in [-0.39, 0.29) is 0 Å². The molecule has 1 aromatic rings. The molecule has 19 heavy (non-hydrogen) atoms. The summed E-state index contributed by atoms with van der Waals surface area (Å²) < 4.78 is 0. The van der Waals surface area contributed by atoms with Crippen LogP contribution in [0.1, 0.15) is 25.8 Å². The molecule has 1 aromatic carbocycles. The van der Waals surface area contributed by atoms with E-state index < -0.39 is 0 Å². The van der Waals surface area contributed by atoms with Crippen molar-refractivity contribution in [3.63, 3.8) is 0 Å². The molecule has 1 atom stereocenters. The van der Waals surface area contributed by atoms with E-state index in [1.54, 1.807) is 6.07 Å². The molecule has 0 bridgehead atoms. The first kappa shape index (κ1) is 15.3. The van der Waals surface area contributed by atoms with Crippen LogP contribution >= 0.6 is 0 Å². The van der Waals surface area contributed by atoms with Crippen LogP contribution in [0.5, 0.6) is 0 Å². The van der Waals surface area contributed by atoms with Gasteiger partial charge in [-0.1, -0.05) is 13.8 Å². The van der Waals surface area contributed by atoms with Crippen molar-refractivity contribution in [1.29, 1.82) is 5.26 Å². The second kappa shape index (κ2) is 7.01. The summed E-state index contributed by atoms with van der Waals surface area (Å²) >= 11 is 0. The van der Waals surface area contributed by atoms with Gasteiger partial charge in [0.05, 0.1) is 5.56 Å². The molecule has 0 amide bonds. The van der Waals surface area contributed by atoms with Gasteiger partial charge in [0.15, 0.2) is 0 Å². The number of nitrogens with two attached hydrogens (primary N) is 1. The molecular formula is C15H24N4. The Balaban J connectivity index is 2.81. The molecule has 0 spiro atoms. The number of anilines is 2. The first-order chi connectivity index (χ1) is 8.92. The zero-order valence-corrected chi connectivity index (χ0v) is 12.3. The third kappa shape index (κ3) is 5.19. The summed E-state index contributed by atoms with van der Waals surface area (Å²) in [7, 11) is 4.14. The van der Waals surface area contributed by atoms with E-state index in [2.05, 4.69) is 44.2 Å². The SMILES string of the molecule is CC(C)CC(CN(C)C)Nc1ccc(N)c(C#N)c1. The molecule has 0 radical (unpaired) electrons. The van der Waals surface area contributed by atoms with Crippen LogP contribution in [-0.2, 0) is 0 Å². The van der Waals surface area contributed by atoms with Gasteiger partial charge >= 0.3 is 0 Å². The van der Waals surface area contributed by atoms with Gasteiger partial charge in [-0.3, -0.25) is 0 Å². The van der Waals surface area contributed by atoms with Crippen LogP contribution in [0.25, 0.3) is 0 Å². The highest BCUT2D eigenvalue weighted by atomic mass is 15.1. The molecule has 1 rings (SSSR count). The van der Waals surface area contributed by atoms with E-state index in [1.807, 2.05) is 12.1 Å². The third-order valence-electron chi connectivity index (χ3n) is 2.89. The highest BCUT2D eigenvalue weighted by molar-refractivity contribution is 5.62. The van der Waals surface area contributed by atoms with Gasteiger partial charge in [0.1, 0.15) is 6.07 Å². The smallest absolute Gasteiger partial charge is 0.101 e. The standard InChI is InChI=1S/C15H24N4/c1-11(2)7-14(10-19(3)4)18-13-5-6-15(17)12(8-13)9-16/h5-6,8,11,14,18H,7,10,17H2,1-4H3. The summed E-state index contributed by atoms with van der Waals surface area (Å²) in [5, 5.41) is 12.5. The highest BCUT2D eigenvalue weighted by Crippen LogP contribution is 2.19. The van der Waals surface area contributed by atoms with Crippen molar-refractivity contribution in [2.45, 2.75) is 26.3 Å². The van der Waals surface area contributed by atoms with Crippen molar-refractivity contribution in [3.05, 3.63) is 23.8 Å². The average Bonchev–Trinajstić information content (AvgIpc) is 2.29. The number of nitrogen functional groups attached to an aromatic ring is 1. The second-order valence-corrected chi connectivity index (χ2v) is 5.65. The van der Waals surface area contributed by atoms with Gasteiger partial charge in [-0.05, 0) is 44.6 Å².